The molecule has 2 aliphatic rings. The smallest absolute Gasteiger partial charge is 0.161 e. The second kappa shape index (κ2) is 3.17. The molecule has 1 heterocycles. The maximum Gasteiger partial charge on any atom is 0.161 e. The highest BCUT2D eigenvalue weighted by molar-refractivity contribution is 5.83. The Morgan fingerprint density at radius 1 is 1.33 bits per heavy atom. The van der Waals surface area contributed by atoms with Crippen molar-refractivity contribution in [1.82, 2.24) is 0 Å². The molecule has 1 saturated heterocycles. The molecule has 2 heteroatoms. The first-order valence-electron chi connectivity index (χ1n) is 4.94. The van der Waals surface area contributed by atoms with Crippen molar-refractivity contribution in [3.05, 3.63) is 0 Å². The van der Waals surface area contributed by atoms with Gasteiger partial charge in [0.1, 0.15) is 6.10 Å². The van der Waals surface area contributed by atoms with Crippen LogP contribution >= 0.6 is 0 Å². The molecule has 1 aliphatic heterocycles. The molecule has 68 valence electrons. The van der Waals surface area contributed by atoms with E-state index in [-0.39, 0.29) is 6.10 Å². The van der Waals surface area contributed by atoms with E-state index in [0.29, 0.717) is 17.8 Å². The van der Waals surface area contributed by atoms with Crippen molar-refractivity contribution >= 4 is 5.78 Å². The van der Waals surface area contributed by atoms with Gasteiger partial charge < -0.3 is 4.74 Å². The predicted octanol–water partition coefficient (Wildman–Crippen LogP) is 1.92. The van der Waals surface area contributed by atoms with Gasteiger partial charge in [0, 0.05) is 6.42 Å². The van der Waals surface area contributed by atoms with E-state index in [2.05, 4.69) is 0 Å². The second-order valence-electron chi connectivity index (χ2n) is 4.13. The summed E-state index contributed by atoms with van der Waals surface area (Å²) in [6, 6.07) is 0. The third kappa shape index (κ3) is 1.86. The Kier molecular flexibility index (Phi) is 2.18. The van der Waals surface area contributed by atoms with Crippen molar-refractivity contribution in [2.24, 2.45) is 5.92 Å². The molecule has 1 aliphatic carbocycles. The van der Waals surface area contributed by atoms with E-state index in [9.17, 15) is 4.79 Å². The van der Waals surface area contributed by atoms with Crippen molar-refractivity contribution in [2.45, 2.75) is 51.2 Å². The van der Waals surface area contributed by atoms with Gasteiger partial charge in [0.25, 0.3) is 0 Å². The van der Waals surface area contributed by atoms with Gasteiger partial charge in [-0.1, -0.05) is 0 Å². The zero-order valence-corrected chi connectivity index (χ0v) is 7.58. The van der Waals surface area contributed by atoms with Crippen LogP contribution < -0.4 is 0 Å². The lowest BCUT2D eigenvalue weighted by Gasteiger charge is -2.08. The van der Waals surface area contributed by atoms with Gasteiger partial charge in [0.2, 0.25) is 0 Å². The number of carbonyl (C=O) groups is 1. The Balaban J connectivity index is 1.79. The molecule has 12 heavy (non-hydrogen) atoms. The van der Waals surface area contributed by atoms with Crippen LogP contribution in [0, 0.1) is 5.92 Å². The van der Waals surface area contributed by atoms with E-state index in [4.69, 9.17) is 4.74 Å². The van der Waals surface area contributed by atoms with Crippen LogP contribution in [-0.2, 0) is 9.53 Å². The molecule has 0 bridgehead atoms. The third-order valence-corrected chi connectivity index (χ3v) is 2.78. The number of ketones is 1. The van der Waals surface area contributed by atoms with Crippen molar-refractivity contribution in [3.8, 4) is 0 Å². The van der Waals surface area contributed by atoms with Crippen LogP contribution in [0.1, 0.15) is 39.0 Å². The van der Waals surface area contributed by atoms with Crippen molar-refractivity contribution in [1.29, 1.82) is 0 Å². The normalized spacial score (nSPS) is 35.4. The van der Waals surface area contributed by atoms with Gasteiger partial charge in [0.05, 0.1) is 6.10 Å². The Hall–Kier alpha value is -0.370. The molecule has 2 rings (SSSR count). The number of rotatable bonds is 3. The Morgan fingerprint density at radius 3 is 2.58 bits per heavy atom. The summed E-state index contributed by atoms with van der Waals surface area (Å²) in [5.74, 6) is 1.05. The molecule has 0 aromatic rings. The molecule has 0 radical (unpaired) electrons. The number of hydrogen-bond donors (Lipinski definition) is 0. The topological polar surface area (TPSA) is 26.3 Å². The van der Waals surface area contributed by atoms with Crippen LogP contribution in [0.25, 0.3) is 0 Å². The van der Waals surface area contributed by atoms with E-state index < -0.39 is 0 Å². The first-order chi connectivity index (χ1) is 5.75. The van der Waals surface area contributed by atoms with Gasteiger partial charge >= 0.3 is 0 Å². The fraction of sp³-hybridized carbons (Fsp3) is 0.900. The quantitative estimate of drug-likeness (QED) is 0.643. The first-order valence-corrected chi connectivity index (χ1v) is 4.94. The summed E-state index contributed by atoms with van der Waals surface area (Å²) in [6.07, 6.45) is 5.55. The molecule has 0 N–H and O–H groups in total. The standard InChI is InChI=1S/C10H16O2/c1-7-2-5-10(12-7)9(11)6-8-3-4-8/h7-8,10H,2-6H2,1H3. The number of carbonyl (C=O) groups excluding carboxylic acids is 1. The number of ether oxygens (including phenoxy) is 1. The van der Waals surface area contributed by atoms with Gasteiger partial charge in [-0.05, 0) is 38.5 Å². The largest absolute Gasteiger partial charge is 0.368 e. The number of hydrogen-bond acceptors (Lipinski definition) is 2. The summed E-state index contributed by atoms with van der Waals surface area (Å²) in [4.78, 5) is 11.5. The average molecular weight is 168 g/mol. The van der Waals surface area contributed by atoms with Crippen molar-refractivity contribution in [2.75, 3.05) is 0 Å². The maximum atomic E-state index is 11.5. The van der Waals surface area contributed by atoms with Crippen LogP contribution in [0.15, 0.2) is 0 Å². The minimum atomic E-state index is -0.0550. The minimum Gasteiger partial charge on any atom is -0.368 e. The Morgan fingerprint density at radius 2 is 2.08 bits per heavy atom. The molecule has 0 aromatic carbocycles. The molecule has 2 atom stereocenters. The lowest BCUT2D eigenvalue weighted by atomic mass is 10.1. The van der Waals surface area contributed by atoms with E-state index >= 15 is 0 Å². The van der Waals surface area contributed by atoms with E-state index in [1.54, 1.807) is 0 Å². The third-order valence-electron chi connectivity index (χ3n) is 2.78. The maximum absolute atomic E-state index is 11.5. The summed E-state index contributed by atoms with van der Waals surface area (Å²) in [5, 5.41) is 0. The molecule has 0 aromatic heterocycles. The summed E-state index contributed by atoms with van der Waals surface area (Å²) < 4.78 is 5.50. The summed E-state index contributed by atoms with van der Waals surface area (Å²) >= 11 is 0. The van der Waals surface area contributed by atoms with Crippen LogP contribution in [0.5, 0.6) is 0 Å². The van der Waals surface area contributed by atoms with Crippen molar-refractivity contribution < 1.29 is 9.53 Å². The SMILES string of the molecule is CC1CCC(C(=O)CC2CC2)O1. The van der Waals surface area contributed by atoms with Gasteiger partial charge in [-0.2, -0.15) is 0 Å². The predicted molar refractivity (Wildman–Crippen MR) is 45.9 cm³/mol. The van der Waals surface area contributed by atoms with Gasteiger partial charge in [0.15, 0.2) is 5.78 Å². The molecule has 1 saturated carbocycles. The first kappa shape index (κ1) is 8.24. The molecular weight excluding hydrogens is 152 g/mol. The van der Waals surface area contributed by atoms with Gasteiger partial charge in [-0.25, -0.2) is 0 Å². The summed E-state index contributed by atoms with van der Waals surface area (Å²) in [5.41, 5.74) is 0. The second-order valence-corrected chi connectivity index (χ2v) is 4.13. The fourth-order valence-corrected chi connectivity index (χ4v) is 1.78. The fourth-order valence-electron chi connectivity index (χ4n) is 1.78. The lowest BCUT2D eigenvalue weighted by Crippen LogP contribution is -2.20. The zero-order chi connectivity index (χ0) is 8.55. The van der Waals surface area contributed by atoms with E-state index in [1.807, 2.05) is 6.92 Å². The van der Waals surface area contributed by atoms with Crippen LogP contribution in [-0.4, -0.2) is 18.0 Å². The molecule has 2 nitrogen and oxygen atoms in total. The summed E-state index contributed by atoms with van der Waals surface area (Å²) in [6.45, 7) is 2.05. The molecule has 0 amide bonds. The summed E-state index contributed by atoms with van der Waals surface area (Å²) in [7, 11) is 0. The number of Topliss-reactive ketones (excluding diaryl/α,β-unsaturated/α-hetero) is 1. The van der Waals surface area contributed by atoms with Gasteiger partial charge in [-0.3, -0.25) is 4.79 Å². The zero-order valence-electron chi connectivity index (χ0n) is 7.58. The molecule has 2 fully saturated rings. The van der Waals surface area contributed by atoms with E-state index in [0.717, 1.165) is 19.3 Å². The molecule has 0 spiro atoms. The van der Waals surface area contributed by atoms with Gasteiger partial charge in [-0.15, -0.1) is 0 Å². The molecular formula is C10H16O2. The lowest BCUT2D eigenvalue weighted by molar-refractivity contribution is -0.129. The monoisotopic (exact) mass is 168 g/mol. The van der Waals surface area contributed by atoms with Crippen LogP contribution in [0.2, 0.25) is 0 Å². The highest BCUT2D eigenvalue weighted by Gasteiger charge is 2.32. The van der Waals surface area contributed by atoms with E-state index in [1.165, 1.54) is 12.8 Å². The highest BCUT2D eigenvalue weighted by atomic mass is 16.5. The minimum absolute atomic E-state index is 0.0550. The van der Waals surface area contributed by atoms with Crippen molar-refractivity contribution in [3.63, 3.8) is 0 Å². The van der Waals surface area contributed by atoms with Crippen LogP contribution in [0.4, 0.5) is 0 Å². The Labute approximate surface area is 73.3 Å². The molecule has 2 unspecified atom stereocenters. The average Bonchev–Trinajstić information content (AvgIpc) is 2.72. The highest BCUT2D eigenvalue weighted by Crippen LogP contribution is 2.34. The van der Waals surface area contributed by atoms with Crippen LogP contribution in [0.3, 0.4) is 0 Å². The Bertz CT molecular complexity index is 184.